The molecule has 0 fully saturated rings. The van der Waals surface area contributed by atoms with E-state index < -0.39 is 11.7 Å². The van der Waals surface area contributed by atoms with Crippen LogP contribution in [0, 0.1) is 6.92 Å². The average Bonchev–Trinajstić information content (AvgIpc) is 2.49. The second-order valence-corrected chi connectivity index (χ2v) is 5.85. The maximum absolute atomic E-state index is 12.5. The quantitative estimate of drug-likeness (QED) is 0.782. The number of nitrogen functional groups attached to an aromatic ring is 1. The van der Waals surface area contributed by atoms with Gasteiger partial charge in [0, 0.05) is 17.3 Å². The molecule has 25 heavy (non-hydrogen) atoms. The lowest BCUT2D eigenvalue weighted by Gasteiger charge is -2.16. The highest BCUT2D eigenvalue weighted by atomic mass is 35.5. The van der Waals surface area contributed by atoms with Crippen LogP contribution in [0.4, 0.5) is 18.9 Å². The molecule has 0 aliphatic rings. The summed E-state index contributed by atoms with van der Waals surface area (Å²) >= 11 is 0. The van der Waals surface area contributed by atoms with Gasteiger partial charge in [-0.25, -0.2) is 0 Å². The number of nitrogens with one attached hydrogen (secondary N) is 1. The maximum Gasteiger partial charge on any atom is 0.416 e. The standard InChI is InChI=1S/C18H19F3N2O.ClH/c1-11-3-8-15(22)10-16(11)17(24)23-12(2)9-13-4-6-14(7-5-13)18(19,20)21;/h3-8,10,12H,9,22H2,1-2H3,(H,23,24);1H. The average molecular weight is 373 g/mol. The number of anilines is 1. The summed E-state index contributed by atoms with van der Waals surface area (Å²) in [7, 11) is 0. The summed E-state index contributed by atoms with van der Waals surface area (Å²) < 4.78 is 37.6. The first-order valence-electron chi connectivity index (χ1n) is 7.50. The van der Waals surface area contributed by atoms with Crippen LogP contribution in [0.15, 0.2) is 42.5 Å². The van der Waals surface area contributed by atoms with E-state index in [1.54, 1.807) is 25.1 Å². The molecule has 0 spiro atoms. The van der Waals surface area contributed by atoms with Gasteiger partial charge in [-0.2, -0.15) is 13.2 Å². The van der Waals surface area contributed by atoms with E-state index in [-0.39, 0.29) is 24.4 Å². The van der Waals surface area contributed by atoms with Crippen LogP contribution in [-0.4, -0.2) is 11.9 Å². The largest absolute Gasteiger partial charge is 0.416 e. The number of hydrogen-bond donors (Lipinski definition) is 2. The summed E-state index contributed by atoms with van der Waals surface area (Å²) in [6, 6.07) is 9.82. The number of hydrogen-bond acceptors (Lipinski definition) is 2. The Morgan fingerprint density at radius 1 is 1.16 bits per heavy atom. The number of halogens is 4. The van der Waals surface area contributed by atoms with Crippen molar-refractivity contribution >= 4 is 24.0 Å². The van der Waals surface area contributed by atoms with Crippen molar-refractivity contribution in [3.05, 3.63) is 64.7 Å². The highest BCUT2D eigenvalue weighted by Crippen LogP contribution is 2.29. The van der Waals surface area contributed by atoms with Crippen molar-refractivity contribution in [2.45, 2.75) is 32.5 Å². The number of aryl methyl sites for hydroxylation is 1. The monoisotopic (exact) mass is 372 g/mol. The second-order valence-electron chi connectivity index (χ2n) is 5.85. The fourth-order valence-corrected chi connectivity index (χ4v) is 2.42. The SMILES string of the molecule is Cc1ccc(N)cc1C(=O)NC(C)Cc1ccc(C(F)(F)F)cc1.Cl. The predicted octanol–water partition coefficient (Wildman–Crippen LogP) is 4.38. The number of amides is 1. The summed E-state index contributed by atoms with van der Waals surface area (Å²) in [6.45, 7) is 3.62. The molecule has 1 unspecified atom stereocenters. The maximum atomic E-state index is 12.5. The van der Waals surface area contributed by atoms with Crippen LogP contribution in [-0.2, 0) is 12.6 Å². The van der Waals surface area contributed by atoms with Crippen molar-refractivity contribution in [2.75, 3.05) is 5.73 Å². The Hall–Kier alpha value is -2.21. The number of nitrogens with two attached hydrogens (primary N) is 1. The normalized spacial score (nSPS) is 12.2. The molecule has 2 aromatic rings. The zero-order valence-electron chi connectivity index (χ0n) is 13.9. The van der Waals surface area contributed by atoms with E-state index in [0.717, 1.165) is 23.3 Å². The molecular formula is C18H20ClF3N2O. The molecule has 3 nitrogen and oxygen atoms in total. The van der Waals surface area contributed by atoms with Crippen molar-refractivity contribution in [1.29, 1.82) is 0 Å². The van der Waals surface area contributed by atoms with Crippen LogP contribution >= 0.6 is 12.4 Å². The van der Waals surface area contributed by atoms with Gasteiger partial charge in [0.15, 0.2) is 0 Å². The van der Waals surface area contributed by atoms with Crippen LogP contribution < -0.4 is 11.1 Å². The Kier molecular flexibility index (Phi) is 6.87. The van der Waals surface area contributed by atoms with Crippen LogP contribution in [0.25, 0.3) is 0 Å². The summed E-state index contributed by atoms with van der Waals surface area (Å²) in [5.41, 5.74) is 7.54. The summed E-state index contributed by atoms with van der Waals surface area (Å²) in [5.74, 6) is -0.251. The van der Waals surface area contributed by atoms with Gasteiger partial charge < -0.3 is 11.1 Å². The fraction of sp³-hybridized carbons (Fsp3) is 0.278. The van der Waals surface area contributed by atoms with Gasteiger partial charge in [0.25, 0.3) is 5.91 Å². The Morgan fingerprint density at radius 3 is 2.32 bits per heavy atom. The van der Waals surface area contributed by atoms with Gasteiger partial charge in [-0.05, 0) is 55.7 Å². The minimum Gasteiger partial charge on any atom is -0.399 e. The van der Waals surface area contributed by atoms with Gasteiger partial charge >= 0.3 is 6.18 Å². The number of carbonyl (C=O) groups is 1. The van der Waals surface area contributed by atoms with E-state index in [0.29, 0.717) is 17.7 Å². The third kappa shape index (κ3) is 5.67. The van der Waals surface area contributed by atoms with Gasteiger partial charge in [0.1, 0.15) is 0 Å². The zero-order chi connectivity index (χ0) is 17.9. The summed E-state index contributed by atoms with van der Waals surface area (Å²) in [6.07, 6.45) is -3.91. The topological polar surface area (TPSA) is 55.1 Å². The van der Waals surface area contributed by atoms with E-state index in [2.05, 4.69) is 5.32 Å². The van der Waals surface area contributed by atoms with Crippen LogP contribution in [0.3, 0.4) is 0 Å². The summed E-state index contributed by atoms with van der Waals surface area (Å²) in [4.78, 5) is 12.3. The molecule has 0 aliphatic heterocycles. The highest BCUT2D eigenvalue weighted by molar-refractivity contribution is 5.96. The second kappa shape index (κ2) is 8.25. The van der Waals surface area contributed by atoms with Gasteiger partial charge in [-0.1, -0.05) is 18.2 Å². The molecule has 0 aromatic heterocycles. The zero-order valence-corrected chi connectivity index (χ0v) is 14.7. The minimum absolute atomic E-state index is 0. The molecular weight excluding hydrogens is 353 g/mol. The lowest BCUT2D eigenvalue weighted by molar-refractivity contribution is -0.137. The summed E-state index contributed by atoms with van der Waals surface area (Å²) in [5, 5.41) is 2.84. The predicted molar refractivity (Wildman–Crippen MR) is 94.9 cm³/mol. The molecule has 0 bridgehead atoms. The van der Waals surface area contributed by atoms with Crippen LogP contribution in [0.5, 0.6) is 0 Å². The Bertz CT molecular complexity index is 730. The third-order valence-corrected chi connectivity index (χ3v) is 3.71. The Balaban J connectivity index is 0.00000312. The van der Waals surface area contributed by atoms with Gasteiger partial charge in [-0.3, -0.25) is 4.79 Å². The molecule has 2 aromatic carbocycles. The van der Waals surface area contributed by atoms with Crippen molar-refractivity contribution in [1.82, 2.24) is 5.32 Å². The smallest absolute Gasteiger partial charge is 0.399 e. The van der Waals surface area contributed by atoms with Crippen LogP contribution in [0.1, 0.15) is 34.0 Å². The highest BCUT2D eigenvalue weighted by Gasteiger charge is 2.29. The molecule has 0 heterocycles. The van der Waals surface area contributed by atoms with E-state index in [1.165, 1.54) is 12.1 Å². The van der Waals surface area contributed by atoms with Crippen molar-refractivity contribution in [3.63, 3.8) is 0 Å². The molecule has 2 rings (SSSR count). The molecule has 0 radical (unpaired) electrons. The lowest BCUT2D eigenvalue weighted by Crippen LogP contribution is -2.34. The molecule has 136 valence electrons. The van der Waals surface area contributed by atoms with Gasteiger partial charge in [0.2, 0.25) is 0 Å². The van der Waals surface area contributed by atoms with Crippen molar-refractivity contribution < 1.29 is 18.0 Å². The number of alkyl halides is 3. The first-order valence-corrected chi connectivity index (χ1v) is 7.50. The Morgan fingerprint density at radius 2 is 1.76 bits per heavy atom. The first-order chi connectivity index (χ1) is 11.2. The third-order valence-electron chi connectivity index (χ3n) is 3.71. The van der Waals surface area contributed by atoms with E-state index in [1.807, 2.05) is 6.92 Å². The van der Waals surface area contributed by atoms with E-state index in [9.17, 15) is 18.0 Å². The molecule has 1 amide bonds. The number of rotatable bonds is 4. The Labute approximate surface area is 150 Å². The molecule has 7 heteroatoms. The van der Waals surface area contributed by atoms with Gasteiger partial charge in [-0.15, -0.1) is 12.4 Å². The van der Waals surface area contributed by atoms with Crippen molar-refractivity contribution in [3.8, 4) is 0 Å². The molecule has 0 saturated heterocycles. The number of benzene rings is 2. The first kappa shape index (κ1) is 20.8. The van der Waals surface area contributed by atoms with Gasteiger partial charge in [0.05, 0.1) is 5.56 Å². The van der Waals surface area contributed by atoms with E-state index >= 15 is 0 Å². The fourth-order valence-electron chi connectivity index (χ4n) is 2.42. The van der Waals surface area contributed by atoms with Crippen molar-refractivity contribution in [2.24, 2.45) is 0 Å². The molecule has 1 atom stereocenters. The number of carbonyl (C=O) groups excluding carboxylic acids is 1. The molecule has 0 aliphatic carbocycles. The van der Waals surface area contributed by atoms with Crippen LogP contribution in [0.2, 0.25) is 0 Å². The molecule has 3 N–H and O–H groups in total. The minimum atomic E-state index is -4.34. The van der Waals surface area contributed by atoms with E-state index in [4.69, 9.17) is 5.73 Å². The molecule has 0 saturated carbocycles. The lowest BCUT2D eigenvalue weighted by atomic mass is 10.0.